The van der Waals surface area contributed by atoms with E-state index in [1.807, 2.05) is 0 Å². The maximum atomic E-state index is 13.1. The van der Waals surface area contributed by atoms with Crippen molar-refractivity contribution in [3.05, 3.63) is 95.2 Å². The minimum Gasteiger partial charge on any atom is -0.482 e. The third-order valence-corrected chi connectivity index (χ3v) is 7.08. The summed E-state index contributed by atoms with van der Waals surface area (Å²) in [5.41, 5.74) is 1.19. The molecule has 1 aromatic heterocycles. The van der Waals surface area contributed by atoms with E-state index < -0.39 is 7.37 Å². The maximum absolute atomic E-state index is 13.1. The lowest BCUT2D eigenvalue weighted by atomic mass is 10.2. The van der Waals surface area contributed by atoms with Crippen molar-refractivity contribution < 1.29 is 19.0 Å². The molecule has 1 atom stereocenters. The van der Waals surface area contributed by atoms with Crippen LogP contribution in [0.4, 0.5) is 5.69 Å². The van der Waals surface area contributed by atoms with Gasteiger partial charge < -0.3 is 14.9 Å². The highest BCUT2D eigenvalue weighted by Gasteiger charge is 2.29. The first-order valence-electron chi connectivity index (χ1n) is 9.75. The predicted molar refractivity (Wildman–Crippen MR) is 130 cm³/mol. The van der Waals surface area contributed by atoms with Gasteiger partial charge in [0.05, 0.1) is 5.02 Å². The number of benzene rings is 3. The number of amides is 1. The van der Waals surface area contributed by atoms with Crippen molar-refractivity contribution in [3.63, 3.8) is 0 Å². The summed E-state index contributed by atoms with van der Waals surface area (Å²) in [6.07, 6.45) is 3.08. The Kier molecular flexibility index (Phi) is 6.86. The molecule has 4 aromatic rings. The molecule has 0 radical (unpaired) electrons. The lowest BCUT2D eigenvalue weighted by molar-refractivity contribution is -0.118. The number of halogens is 2. The van der Waals surface area contributed by atoms with E-state index in [2.05, 4.69) is 10.3 Å². The fourth-order valence-electron chi connectivity index (χ4n) is 3.10. The van der Waals surface area contributed by atoms with Crippen LogP contribution < -0.4 is 20.9 Å². The Morgan fingerprint density at radius 1 is 1.06 bits per heavy atom. The second-order valence-corrected chi connectivity index (χ2v) is 9.88. The summed E-state index contributed by atoms with van der Waals surface area (Å²) in [7, 11) is -3.89. The highest BCUT2D eigenvalue weighted by molar-refractivity contribution is 7.73. The van der Waals surface area contributed by atoms with Crippen molar-refractivity contribution in [2.45, 2.75) is 0 Å². The number of carbonyl (C=O) groups is 1. The quantitative estimate of drug-likeness (QED) is 0.365. The average molecular weight is 502 g/mol. The molecule has 0 aliphatic carbocycles. The van der Waals surface area contributed by atoms with Crippen LogP contribution in [0.15, 0.2) is 85.2 Å². The van der Waals surface area contributed by atoms with E-state index in [1.54, 1.807) is 77.5 Å². The number of rotatable bonds is 7. The molecule has 0 aliphatic heterocycles. The summed E-state index contributed by atoms with van der Waals surface area (Å²) < 4.78 is 20.1. The van der Waals surface area contributed by atoms with E-state index in [4.69, 9.17) is 27.9 Å². The second kappa shape index (κ2) is 9.81. The van der Waals surface area contributed by atoms with E-state index in [1.165, 1.54) is 12.3 Å². The van der Waals surface area contributed by atoms with Crippen molar-refractivity contribution in [1.29, 1.82) is 0 Å². The third-order valence-electron chi connectivity index (χ3n) is 4.68. The first kappa shape index (κ1) is 23.1. The molecule has 1 amide bonds. The van der Waals surface area contributed by atoms with Gasteiger partial charge in [0.15, 0.2) is 6.61 Å². The van der Waals surface area contributed by atoms with Crippen molar-refractivity contribution in [1.82, 2.24) is 9.55 Å². The second-order valence-electron chi connectivity index (χ2n) is 6.97. The fourth-order valence-corrected chi connectivity index (χ4v) is 5.07. The standard InChI is InChI=1S/C23H18Cl2N3O4P/c24-16-6-11-21(20(25)14-16)32-15-22(29)27-17-7-9-18(10-8-17)28-13-12-26-23(28)33(30,31)19-4-2-1-3-5-19/h1-14H,15H2,(H,27,29)(H,30,31). The number of nitrogens with zero attached hydrogens (tertiary/aromatic N) is 2. The van der Waals surface area contributed by atoms with E-state index in [0.29, 0.717) is 32.5 Å². The molecule has 0 aliphatic rings. The first-order chi connectivity index (χ1) is 15.8. The van der Waals surface area contributed by atoms with E-state index in [-0.39, 0.29) is 18.1 Å². The Labute approximate surface area is 200 Å². The average Bonchev–Trinajstić information content (AvgIpc) is 3.30. The van der Waals surface area contributed by atoms with Crippen molar-refractivity contribution in [3.8, 4) is 11.4 Å². The molecule has 0 saturated heterocycles. The highest BCUT2D eigenvalue weighted by atomic mass is 35.5. The van der Waals surface area contributed by atoms with Crippen LogP contribution >= 0.6 is 30.6 Å². The minimum atomic E-state index is -3.89. The molecular formula is C23H18Cl2N3O4P. The van der Waals surface area contributed by atoms with Gasteiger partial charge in [0.25, 0.3) is 13.3 Å². The Hall–Kier alpha value is -3.09. The van der Waals surface area contributed by atoms with Crippen LogP contribution in [0, 0.1) is 0 Å². The molecule has 7 nitrogen and oxygen atoms in total. The third kappa shape index (κ3) is 5.29. The largest absolute Gasteiger partial charge is 0.482 e. The van der Waals surface area contributed by atoms with Gasteiger partial charge in [-0.25, -0.2) is 4.98 Å². The number of nitrogens with one attached hydrogen (secondary N) is 1. The summed E-state index contributed by atoms with van der Waals surface area (Å²) >= 11 is 11.9. The van der Waals surface area contributed by atoms with Crippen LogP contribution in [0.3, 0.4) is 0 Å². The molecule has 3 aromatic carbocycles. The Morgan fingerprint density at radius 2 is 1.79 bits per heavy atom. The zero-order valence-electron chi connectivity index (χ0n) is 17.1. The fraction of sp³-hybridized carbons (Fsp3) is 0.0435. The van der Waals surface area contributed by atoms with Crippen LogP contribution in [-0.2, 0) is 9.36 Å². The van der Waals surface area contributed by atoms with E-state index in [9.17, 15) is 14.3 Å². The molecule has 168 valence electrons. The zero-order valence-corrected chi connectivity index (χ0v) is 19.5. The number of hydrogen-bond donors (Lipinski definition) is 2. The number of anilines is 1. The summed E-state index contributed by atoms with van der Waals surface area (Å²) in [4.78, 5) is 27.1. The summed E-state index contributed by atoms with van der Waals surface area (Å²) in [6, 6.07) is 19.9. The van der Waals surface area contributed by atoms with Crippen molar-refractivity contribution in [2.75, 3.05) is 11.9 Å². The van der Waals surface area contributed by atoms with E-state index >= 15 is 0 Å². The Balaban J connectivity index is 1.45. The Bertz CT molecular complexity index is 1330. The van der Waals surface area contributed by atoms with Gasteiger partial charge in [0.1, 0.15) is 5.75 Å². The summed E-state index contributed by atoms with van der Waals surface area (Å²) in [6.45, 7) is -0.237. The van der Waals surface area contributed by atoms with Gasteiger partial charge in [-0.2, -0.15) is 0 Å². The molecular weight excluding hydrogens is 484 g/mol. The van der Waals surface area contributed by atoms with Gasteiger partial charge >= 0.3 is 0 Å². The van der Waals surface area contributed by atoms with Crippen LogP contribution in [0.2, 0.25) is 10.0 Å². The van der Waals surface area contributed by atoms with Crippen LogP contribution in [0.1, 0.15) is 0 Å². The molecule has 10 heteroatoms. The molecule has 2 N–H and O–H groups in total. The van der Waals surface area contributed by atoms with Crippen LogP contribution in [0.5, 0.6) is 5.75 Å². The molecule has 0 saturated carbocycles. The van der Waals surface area contributed by atoms with E-state index in [0.717, 1.165) is 0 Å². The van der Waals surface area contributed by atoms with Gasteiger partial charge in [0.2, 0.25) is 5.57 Å². The van der Waals surface area contributed by atoms with Crippen molar-refractivity contribution >= 4 is 53.0 Å². The van der Waals surface area contributed by atoms with Crippen LogP contribution in [0.25, 0.3) is 5.69 Å². The van der Waals surface area contributed by atoms with Crippen molar-refractivity contribution in [2.24, 2.45) is 0 Å². The lowest BCUT2D eigenvalue weighted by Crippen LogP contribution is -2.24. The van der Waals surface area contributed by atoms with Gasteiger partial charge in [-0.05, 0) is 54.6 Å². The summed E-state index contributed by atoms with van der Waals surface area (Å²) in [5, 5.41) is 3.80. The smallest absolute Gasteiger partial charge is 0.293 e. The topological polar surface area (TPSA) is 93.5 Å². The monoisotopic (exact) mass is 501 g/mol. The maximum Gasteiger partial charge on any atom is 0.293 e. The van der Waals surface area contributed by atoms with Gasteiger partial charge in [-0.3, -0.25) is 13.9 Å². The molecule has 1 heterocycles. The highest BCUT2D eigenvalue weighted by Crippen LogP contribution is 2.37. The number of ether oxygens (including phenoxy) is 1. The van der Waals surface area contributed by atoms with Crippen LogP contribution in [-0.4, -0.2) is 27.0 Å². The normalized spacial score (nSPS) is 12.7. The number of imidazole rings is 1. The van der Waals surface area contributed by atoms with Gasteiger partial charge in [0, 0.05) is 34.1 Å². The lowest BCUT2D eigenvalue weighted by Gasteiger charge is -2.14. The number of carbonyl (C=O) groups excluding carboxylic acids is 1. The minimum absolute atomic E-state index is 0.0405. The molecule has 0 fully saturated rings. The number of hydrogen-bond acceptors (Lipinski definition) is 4. The molecule has 1 unspecified atom stereocenters. The molecule has 0 bridgehead atoms. The molecule has 0 spiro atoms. The SMILES string of the molecule is O=C(COc1ccc(Cl)cc1Cl)Nc1ccc(-n2ccnc2P(=O)(O)c2ccccc2)cc1. The van der Waals surface area contributed by atoms with Gasteiger partial charge in [-0.1, -0.05) is 41.4 Å². The predicted octanol–water partition coefficient (Wildman–Crippen LogP) is 4.42. The number of aromatic nitrogens is 2. The van der Waals surface area contributed by atoms with Gasteiger partial charge in [-0.15, -0.1) is 0 Å². The molecule has 4 rings (SSSR count). The molecule has 33 heavy (non-hydrogen) atoms. The summed E-state index contributed by atoms with van der Waals surface area (Å²) in [5.74, 6) is -0.0212. The zero-order chi connectivity index (χ0) is 23.4. The first-order valence-corrected chi connectivity index (χ1v) is 12.2. The Morgan fingerprint density at radius 3 is 2.48 bits per heavy atom.